The molecule has 0 saturated heterocycles. The normalized spacial score (nSPS) is 10.6. The van der Waals surface area contributed by atoms with E-state index in [2.05, 4.69) is 11.9 Å². The van der Waals surface area contributed by atoms with Crippen LogP contribution in [0.5, 0.6) is 23.0 Å². The fourth-order valence-electron chi connectivity index (χ4n) is 3.24. The minimum Gasteiger partial charge on any atom is -0.508 e. The van der Waals surface area contributed by atoms with Gasteiger partial charge in [0.15, 0.2) is 5.75 Å². The summed E-state index contributed by atoms with van der Waals surface area (Å²) in [5, 5.41) is 13.3. The van der Waals surface area contributed by atoms with E-state index < -0.39 is 0 Å². The fraction of sp³-hybridized carbons (Fsp3) is 0.111. The smallest absolute Gasteiger partial charge is 0.246 e. The molecule has 0 spiro atoms. The lowest BCUT2D eigenvalue weighted by molar-refractivity contribution is -0.117. The summed E-state index contributed by atoms with van der Waals surface area (Å²) in [4.78, 5) is 25.2. The average molecular weight is 474 g/mol. The van der Waals surface area contributed by atoms with Crippen LogP contribution in [0.4, 0.5) is 0 Å². The Kier molecular flexibility index (Phi) is 6.94. The van der Waals surface area contributed by atoms with E-state index in [0.29, 0.717) is 46.4 Å². The summed E-state index contributed by atoms with van der Waals surface area (Å²) in [6, 6.07) is 21.0. The Balaban J connectivity index is 1.53. The molecule has 1 amide bonds. The average Bonchev–Trinajstić information content (AvgIpc) is 3.19. The van der Waals surface area contributed by atoms with Gasteiger partial charge in [-0.25, -0.2) is 0 Å². The lowest BCUT2D eigenvalue weighted by Crippen LogP contribution is -2.28. The van der Waals surface area contributed by atoms with Crippen LogP contribution >= 0.6 is 11.3 Å². The molecule has 1 heterocycles. The van der Waals surface area contributed by atoms with Crippen LogP contribution in [0, 0.1) is 0 Å². The molecule has 0 unspecified atom stereocenters. The van der Waals surface area contributed by atoms with E-state index in [1.807, 2.05) is 18.2 Å². The zero-order chi connectivity index (χ0) is 24.1. The van der Waals surface area contributed by atoms with E-state index in [9.17, 15) is 14.7 Å². The molecule has 1 aromatic heterocycles. The second-order valence-electron chi connectivity index (χ2n) is 7.59. The maximum absolute atomic E-state index is 13.2. The zero-order valence-electron chi connectivity index (χ0n) is 18.5. The van der Waals surface area contributed by atoms with E-state index in [0.717, 1.165) is 10.1 Å². The molecule has 7 heteroatoms. The highest BCUT2D eigenvalue weighted by Crippen LogP contribution is 2.42. The molecule has 0 aliphatic carbocycles. The Morgan fingerprint density at radius 3 is 2.41 bits per heavy atom. The lowest BCUT2D eigenvalue weighted by atomic mass is 10.1. The second-order valence-corrected chi connectivity index (χ2v) is 8.65. The first kappa shape index (κ1) is 23.1. The van der Waals surface area contributed by atoms with Crippen LogP contribution < -0.4 is 14.8 Å². The molecule has 4 rings (SSSR count). The van der Waals surface area contributed by atoms with Crippen molar-refractivity contribution in [3.63, 3.8) is 0 Å². The number of phenolic OH excluding ortho intramolecular Hbond substituents is 1. The number of carbonyl (C=O) groups is 2. The molecule has 172 valence electrons. The number of benzene rings is 3. The Labute approximate surface area is 201 Å². The lowest BCUT2D eigenvalue weighted by Gasteiger charge is -2.10. The molecule has 3 aromatic carbocycles. The van der Waals surface area contributed by atoms with Gasteiger partial charge in [-0.3, -0.25) is 9.59 Å². The number of thiophene rings is 1. The summed E-state index contributed by atoms with van der Waals surface area (Å²) in [7, 11) is 0. The molecular formula is C27H23NO5S. The first-order chi connectivity index (χ1) is 16.4. The van der Waals surface area contributed by atoms with E-state index in [1.54, 1.807) is 61.5 Å². The molecule has 2 N–H and O–H groups in total. The Morgan fingerprint density at radius 2 is 1.71 bits per heavy atom. The number of ketones is 1. The van der Waals surface area contributed by atoms with Crippen LogP contribution in [0.3, 0.4) is 0 Å². The van der Waals surface area contributed by atoms with Crippen molar-refractivity contribution in [1.82, 2.24) is 5.32 Å². The van der Waals surface area contributed by atoms with Crippen molar-refractivity contribution >= 4 is 33.1 Å². The van der Waals surface area contributed by atoms with Crippen LogP contribution in [0.1, 0.15) is 22.2 Å². The minimum absolute atomic E-state index is 0.125. The molecule has 0 radical (unpaired) electrons. The molecule has 6 nitrogen and oxygen atoms in total. The molecule has 0 aliphatic heterocycles. The number of carbonyl (C=O) groups excluding carboxylic acids is 2. The summed E-state index contributed by atoms with van der Waals surface area (Å²) in [6.45, 7) is 5.91. The number of hydrogen-bond acceptors (Lipinski definition) is 6. The molecule has 34 heavy (non-hydrogen) atoms. The predicted molar refractivity (Wildman–Crippen MR) is 133 cm³/mol. The van der Waals surface area contributed by atoms with Gasteiger partial charge in [-0.05, 0) is 49.4 Å². The van der Waals surface area contributed by atoms with Gasteiger partial charge in [0, 0.05) is 21.2 Å². The highest BCUT2D eigenvalue weighted by atomic mass is 32.1. The quantitative estimate of drug-likeness (QED) is 0.185. The predicted octanol–water partition coefficient (Wildman–Crippen LogP) is 5.70. The number of ether oxygens (including phenoxy) is 2. The number of hydrogen-bond donors (Lipinski definition) is 2. The highest BCUT2D eigenvalue weighted by molar-refractivity contribution is 7.21. The van der Waals surface area contributed by atoms with Gasteiger partial charge in [-0.2, -0.15) is 0 Å². The third-order valence-electron chi connectivity index (χ3n) is 4.96. The van der Waals surface area contributed by atoms with Crippen LogP contribution in [0.25, 0.3) is 10.1 Å². The van der Waals surface area contributed by atoms with Gasteiger partial charge >= 0.3 is 0 Å². The van der Waals surface area contributed by atoms with Crippen molar-refractivity contribution in [2.24, 2.45) is 0 Å². The van der Waals surface area contributed by atoms with Crippen molar-refractivity contribution in [2.75, 3.05) is 13.2 Å². The van der Waals surface area contributed by atoms with Gasteiger partial charge < -0.3 is 19.9 Å². The molecular weight excluding hydrogens is 450 g/mol. The highest BCUT2D eigenvalue weighted by Gasteiger charge is 2.22. The molecule has 0 aliphatic rings. The van der Waals surface area contributed by atoms with Crippen molar-refractivity contribution in [3.05, 3.63) is 95.4 Å². The first-order valence-electron chi connectivity index (χ1n) is 10.6. The zero-order valence-corrected chi connectivity index (χ0v) is 19.4. The maximum atomic E-state index is 13.2. The number of rotatable bonds is 9. The largest absolute Gasteiger partial charge is 0.508 e. The van der Waals surface area contributed by atoms with Crippen LogP contribution in [-0.2, 0) is 4.79 Å². The van der Waals surface area contributed by atoms with E-state index >= 15 is 0 Å². The summed E-state index contributed by atoms with van der Waals surface area (Å²) in [5.74, 6) is 1.39. The number of fused-ring (bicyclic) bond motifs is 1. The summed E-state index contributed by atoms with van der Waals surface area (Å²) in [6.07, 6.45) is 0. The number of phenols is 1. The third kappa shape index (κ3) is 5.27. The maximum Gasteiger partial charge on any atom is 0.246 e. The Morgan fingerprint density at radius 1 is 1.00 bits per heavy atom. The van der Waals surface area contributed by atoms with Gasteiger partial charge in [0.1, 0.15) is 28.7 Å². The fourth-order valence-corrected chi connectivity index (χ4v) is 4.36. The second kappa shape index (κ2) is 10.2. The number of amides is 1. The molecule has 0 fully saturated rings. The molecule has 0 atom stereocenters. The van der Waals surface area contributed by atoms with E-state index in [4.69, 9.17) is 9.47 Å². The SMILES string of the molecule is C=C(C)C(=O)NCCOc1ccc(Oc2c(C(=O)c3ccccc3)sc3cc(O)ccc23)cc1. The first-order valence-corrected chi connectivity index (χ1v) is 11.4. The van der Waals surface area contributed by atoms with Gasteiger partial charge in [0.2, 0.25) is 11.7 Å². The van der Waals surface area contributed by atoms with Gasteiger partial charge in [0.25, 0.3) is 0 Å². The van der Waals surface area contributed by atoms with E-state index in [1.165, 1.54) is 11.3 Å². The topological polar surface area (TPSA) is 84.9 Å². The van der Waals surface area contributed by atoms with Gasteiger partial charge in [-0.1, -0.05) is 36.9 Å². The third-order valence-corrected chi connectivity index (χ3v) is 6.09. The van der Waals surface area contributed by atoms with Crippen molar-refractivity contribution in [1.29, 1.82) is 0 Å². The Bertz CT molecular complexity index is 1340. The Hall–Kier alpha value is -4.10. The van der Waals surface area contributed by atoms with E-state index in [-0.39, 0.29) is 17.4 Å². The van der Waals surface area contributed by atoms with Crippen molar-refractivity contribution in [3.8, 4) is 23.0 Å². The van der Waals surface area contributed by atoms with Gasteiger partial charge in [-0.15, -0.1) is 11.3 Å². The monoisotopic (exact) mass is 473 g/mol. The van der Waals surface area contributed by atoms with Gasteiger partial charge in [0.05, 0.1) is 6.54 Å². The minimum atomic E-state index is -0.204. The van der Waals surface area contributed by atoms with Crippen molar-refractivity contribution in [2.45, 2.75) is 6.92 Å². The van der Waals surface area contributed by atoms with Crippen molar-refractivity contribution < 1.29 is 24.2 Å². The summed E-state index contributed by atoms with van der Waals surface area (Å²) >= 11 is 1.28. The molecule has 4 aromatic rings. The molecule has 0 saturated carbocycles. The summed E-state index contributed by atoms with van der Waals surface area (Å²) in [5.41, 5.74) is 1.01. The van der Waals surface area contributed by atoms with Crippen LogP contribution in [-0.4, -0.2) is 29.9 Å². The van der Waals surface area contributed by atoms with Crippen LogP contribution in [0.15, 0.2) is 84.9 Å². The van der Waals surface area contributed by atoms with Crippen LogP contribution in [0.2, 0.25) is 0 Å². The molecule has 0 bridgehead atoms. The standard InChI is InChI=1S/C27H23NO5S/c1-17(2)27(31)28-14-15-32-20-9-11-21(12-10-20)33-25-22-13-8-19(29)16-23(22)34-26(25)24(30)18-6-4-3-5-7-18/h3-13,16,29H,1,14-15H2,2H3,(H,28,31). The number of nitrogens with one attached hydrogen (secondary N) is 1. The summed E-state index contributed by atoms with van der Waals surface area (Å²) < 4.78 is 12.6. The number of aromatic hydroxyl groups is 1.